The highest BCUT2D eigenvalue weighted by molar-refractivity contribution is 6.08. The Morgan fingerprint density at radius 2 is 1.50 bits per heavy atom. The quantitative estimate of drug-likeness (QED) is 0.576. The number of methoxy groups -OCH3 is 2. The van der Waals surface area contributed by atoms with Crippen LogP contribution in [0.4, 0.5) is 0 Å². The van der Waals surface area contributed by atoms with E-state index in [0.29, 0.717) is 11.1 Å². The summed E-state index contributed by atoms with van der Waals surface area (Å²) in [5.74, 6) is -0.299. The van der Waals surface area contributed by atoms with Crippen LogP contribution in [-0.4, -0.2) is 32.1 Å². The first-order valence-corrected chi connectivity index (χ1v) is 7.86. The Morgan fingerprint density at radius 3 is 2.04 bits per heavy atom. The summed E-state index contributed by atoms with van der Waals surface area (Å²) in [6.07, 6.45) is -0.0769. The fourth-order valence-electron chi connectivity index (χ4n) is 2.62. The fraction of sp³-hybridized carbons (Fsp3) is 0.300. The van der Waals surface area contributed by atoms with Gasteiger partial charge in [0.05, 0.1) is 19.6 Å². The van der Waals surface area contributed by atoms with Crippen LogP contribution in [-0.2, 0) is 14.3 Å². The molecule has 4 nitrogen and oxygen atoms in total. The monoisotopic (exact) mass is 326 g/mol. The molecule has 0 spiro atoms. The predicted molar refractivity (Wildman–Crippen MR) is 92.2 cm³/mol. The van der Waals surface area contributed by atoms with Crippen molar-refractivity contribution in [1.82, 2.24) is 0 Å². The average molecular weight is 326 g/mol. The standard InChI is InChI=1S/C20H22O4/c1-14(18(23-2)13-19(21)24-3)15-9-11-17(12-10-15)20(22)16-7-5-4-6-8-16/h4-12,14,18H,13H2,1-3H3/t14-,18-/m1/s1. The molecule has 0 aliphatic carbocycles. The molecular weight excluding hydrogens is 304 g/mol. The summed E-state index contributed by atoms with van der Waals surface area (Å²) < 4.78 is 10.1. The van der Waals surface area contributed by atoms with Gasteiger partial charge in [0, 0.05) is 24.2 Å². The van der Waals surface area contributed by atoms with E-state index in [0.717, 1.165) is 5.56 Å². The molecule has 0 fully saturated rings. The molecule has 0 bridgehead atoms. The second kappa shape index (κ2) is 8.41. The summed E-state index contributed by atoms with van der Waals surface area (Å²) in [5.41, 5.74) is 2.31. The molecule has 126 valence electrons. The molecule has 2 aromatic rings. The van der Waals surface area contributed by atoms with E-state index in [4.69, 9.17) is 9.47 Å². The van der Waals surface area contributed by atoms with Crippen molar-refractivity contribution in [2.45, 2.75) is 25.4 Å². The van der Waals surface area contributed by atoms with Gasteiger partial charge in [0.1, 0.15) is 0 Å². The molecule has 0 unspecified atom stereocenters. The van der Waals surface area contributed by atoms with Crippen LogP contribution in [0.3, 0.4) is 0 Å². The summed E-state index contributed by atoms with van der Waals surface area (Å²) in [6.45, 7) is 1.99. The summed E-state index contributed by atoms with van der Waals surface area (Å²) in [5, 5.41) is 0. The van der Waals surface area contributed by atoms with Crippen molar-refractivity contribution < 1.29 is 19.1 Å². The topological polar surface area (TPSA) is 52.6 Å². The normalized spacial score (nSPS) is 13.1. The molecule has 4 heteroatoms. The SMILES string of the molecule is COC(=O)C[C@@H](OC)[C@H](C)c1ccc(C(=O)c2ccccc2)cc1. The first-order chi connectivity index (χ1) is 11.6. The minimum absolute atomic E-state index is 0.00680. The second-order valence-electron chi connectivity index (χ2n) is 5.66. The Morgan fingerprint density at radius 1 is 0.917 bits per heavy atom. The molecule has 0 aliphatic rings. The molecular formula is C20H22O4. The van der Waals surface area contributed by atoms with Gasteiger partial charge in [0.2, 0.25) is 0 Å². The number of ketones is 1. The maximum absolute atomic E-state index is 12.4. The van der Waals surface area contributed by atoms with Gasteiger partial charge in [0.25, 0.3) is 0 Å². The van der Waals surface area contributed by atoms with E-state index in [9.17, 15) is 9.59 Å². The Hall–Kier alpha value is -2.46. The van der Waals surface area contributed by atoms with E-state index in [2.05, 4.69) is 0 Å². The zero-order valence-corrected chi connectivity index (χ0v) is 14.2. The third-order valence-corrected chi connectivity index (χ3v) is 4.19. The second-order valence-corrected chi connectivity index (χ2v) is 5.66. The van der Waals surface area contributed by atoms with Crippen LogP contribution >= 0.6 is 0 Å². The number of carbonyl (C=O) groups is 2. The molecule has 0 aromatic heterocycles. The molecule has 2 atom stereocenters. The van der Waals surface area contributed by atoms with Crippen LogP contribution in [0.1, 0.15) is 40.7 Å². The van der Waals surface area contributed by atoms with Gasteiger partial charge in [-0.2, -0.15) is 0 Å². The number of hydrogen-bond acceptors (Lipinski definition) is 4. The number of benzene rings is 2. The van der Waals surface area contributed by atoms with Crippen LogP contribution in [0, 0.1) is 0 Å². The molecule has 24 heavy (non-hydrogen) atoms. The van der Waals surface area contributed by atoms with E-state index < -0.39 is 0 Å². The molecule has 0 amide bonds. The lowest BCUT2D eigenvalue weighted by Gasteiger charge is -2.22. The zero-order valence-electron chi connectivity index (χ0n) is 14.2. The lowest BCUT2D eigenvalue weighted by molar-refractivity contribution is -0.143. The van der Waals surface area contributed by atoms with E-state index in [1.165, 1.54) is 7.11 Å². The van der Waals surface area contributed by atoms with E-state index in [1.807, 2.05) is 49.4 Å². The van der Waals surface area contributed by atoms with Crippen molar-refractivity contribution in [1.29, 1.82) is 0 Å². The van der Waals surface area contributed by atoms with E-state index in [-0.39, 0.29) is 30.2 Å². The summed E-state index contributed by atoms with van der Waals surface area (Å²) in [7, 11) is 2.95. The molecule has 0 aliphatic heterocycles. The maximum atomic E-state index is 12.4. The van der Waals surface area contributed by atoms with Crippen molar-refractivity contribution >= 4 is 11.8 Å². The molecule has 2 aromatic carbocycles. The Labute approximate surface area is 142 Å². The minimum atomic E-state index is -0.301. The lowest BCUT2D eigenvalue weighted by atomic mass is 9.91. The van der Waals surface area contributed by atoms with Crippen LogP contribution in [0.25, 0.3) is 0 Å². The van der Waals surface area contributed by atoms with Crippen molar-refractivity contribution in [2.75, 3.05) is 14.2 Å². The van der Waals surface area contributed by atoms with Crippen molar-refractivity contribution in [3.05, 3.63) is 71.3 Å². The van der Waals surface area contributed by atoms with Crippen LogP contribution < -0.4 is 0 Å². The molecule has 2 rings (SSSR count). The number of hydrogen-bond donors (Lipinski definition) is 0. The first-order valence-electron chi connectivity index (χ1n) is 7.86. The third kappa shape index (κ3) is 4.30. The zero-order chi connectivity index (χ0) is 17.5. The lowest BCUT2D eigenvalue weighted by Crippen LogP contribution is -2.23. The summed E-state index contributed by atoms with van der Waals surface area (Å²) in [4.78, 5) is 23.9. The Kier molecular flexibility index (Phi) is 6.27. The van der Waals surface area contributed by atoms with Gasteiger partial charge in [-0.25, -0.2) is 0 Å². The van der Waals surface area contributed by atoms with Crippen molar-refractivity contribution in [3.63, 3.8) is 0 Å². The van der Waals surface area contributed by atoms with Gasteiger partial charge < -0.3 is 9.47 Å². The molecule has 0 N–H and O–H groups in total. The minimum Gasteiger partial charge on any atom is -0.469 e. The summed E-state index contributed by atoms with van der Waals surface area (Å²) in [6, 6.07) is 16.6. The smallest absolute Gasteiger partial charge is 0.308 e. The molecule has 0 heterocycles. The van der Waals surface area contributed by atoms with Gasteiger partial charge in [-0.3, -0.25) is 9.59 Å². The number of carbonyl (C=O) groups excluding carboxylic acids is 2. The van der Waals surface area contributed by atoms with Crippen LogP contribution in [0.5, 0.6) is 0 Å². The third-order valence-electron chi connectivity index (χ3n) is 4.19. The Balaban J connectivity index is 2.13. The van der Waals surface area contributed by atoms with Gasteiger partial charge in [-0.15, -0.1) is 0 Å². The highest BCUT2D eigenvalue weighted by Gasteiger charge is 2.22. The highest BCUT2D eigenvalue weighted by Crippen LogP contribution is 2.24. The maximum Gasteiger partial charge on any atom is 0.308 e. The number of ether oxygens (including phenoxy) is 2. The van der Waals surface area contributed by atoms with Gasteiger partial charge in [-0.05, 0) is 5.56 Å². The largest absolute Gasteiger partial charge is 0.469 e. The molecule has 0 radical (unpaired) electrons. The number of rotatable bonds is 7. The van der Waals surface area contributed by atoms with E-state index >= 15 is 0 Å². The van der Waals surface area contributed by atoms with Crippen molar-refractivity contribution in [2.24, 2.45) is 0 Å². The van der Waals surface area contributed by atoms with Gasteiger partial charge >= 0.3 is 5.97 Å². The molecule has 0 saturated heterocycles. The van der Waals surface area contributed by atoms with Crippen LogP contribution in [0.2, 0.25) is 0 Å². The van der Waals surface area contributed by atoms with E-state index in [1.54, 1.807) is 19.2 Å². The molecule has 0 saturated carbocycles. The van der Waals surface area contributed by atoms with Gasteiger partial charge in [0.15, 0.2) is 5.78 Å². The first kappa shape index (κ1) is 17.9. The Bertz CT molecular complexity index is 677. The fourth-order valence-corrected chi connectivity index (χ4v) is 2.62. The number of esters is 1. The van der Waals surface area contributed by atoms with Gasteiger partial charge in [-0.1, -0.05) is 61.5 Å². The average Bonchev–Trinajstić information content (AvgIpc) is 2.65. The van der Waals surface area contributed by atoms with Crippen molar-refractivity contribution in [3.8, 4) is 0 Å². The van der Waals surface area contributed by atoms with Crippen LogP contribution in [0.15, 0.2) is 54.6 Å². The summed E-state index contributed by atoms with van der Waals surface area (Å²) >= 11 is 0. The predicted octanol–water partition coefficient (Wildman–Crippen LogP) is 3.60. The highest BCUT2D eigenvalue weighted by atomic mass is 16.5.